The zero-order chi connectivity index (χ0) is 16.2. The molecule has 1 amide bonds. The molecule has 1 aliphatic heterocycles. The highest BCUT2D eigenvalue weighted by atomic mass is 16.5. The maximum absolute atomic E-state index is 12.6. The Bertz CT molecular complexity index is 675. The molecule has 0 spiro atoms. The summed E-state index contributed by atoms with van der Waals surface area (Å²) in [4.78, 5) is 14.4. The molecule has 2 aromatic carbocycles. The highest BCUT2D eigenvalue weighted by Gasteiger charge is 2.28. The first-order valence-corrected chi connectivity index (χ1v) is 8.22. The van der Waals surface area contributed by atoms with Gasteiger partial charge in [0.05, 0.1) is 6.04 Å². The third-order valence-electron chi connectivity index (χ3n) is 4.72. The number of nitrogens with two attached hydrogens (primary N) is 1. The van der Waals surface area contributed by atoms with Gasteiger partial charge in [0.1, 0.15) is 0 Å². The van der Waals surface area contributed by atoms with Gasteiger partial charge in [-0.25, -0.2) is 0 Å². The van der Waals surface area contributed by atoms with Crippen LogP contribution in [-0.4, -0.2) is 37.1 Å². The fourth-order valence-corrected chi connectivity index (χ4v) is 3.29. The lowest BCUT2D eigenvalue weighted by Gasteiger charge is -2.30. The quantitative estimate of drug-likeness (QED) is 0.944. The van der Waals surface area contributed by atoms with Gasteiger partial charge in [0, 0.05) is 26.8 Å². The number of hydrogen-bond donors (Lipinski definition) is 1. The maximum atomic E-state index is 12.6. The van der Waals surface area contributed by atoms with Gasteiger partial charge < -0.3 is 15.4 Å². The Balaban J connectivity index is 1.72. The van der Waals surface area contributed by atoms with Crippen LogP contribution in [0.25, 0.3) is 10.8 Å². The largest absolute Gasteiger partial charge is 0.381 e. The maximum Gasteiger partial charge on any atom is 0.239 e. The zero-order valence-electron chi connectivity index (χ0n) is 13.6. The topological polar surface area (TPSA) is 55.6 Å². The van der Waals surface area contributed by atoms with Crippen molar-refractivity contribution in [3.8, 4) is 0 Å². The van der Waals surface area contributed by atoms with E-state index in [0.29, 0.717) is 19.8 Å². The molecule has 2 N–H and O–H groups in total. The molecule has 2 aromatic rings. The number of carbonyl (C=O) groups excluding carboxylic acids is 1. The van der Waals surface area contributed by atoms with Crippen molar-refractivity contribution in [1.82, 2.24) is 4.90 Å². The van der Waals surface area contributed by atoms with Gasteiger partial charge in [0.25, 0.3) is 0 Å². The normalized spacial score (nSPS) is 17.1. The number of ether oxygens (including phenoxy) is 1. The van der Waals surface area contributed by atoms with E-state index in [1.165, 1.54) is 10.8 Å². The number of nitrogens with zero attached hydrogens (tertiary/aromatic N) is 1. The van der Waals surface area contributed by atoms with Crippen LogP contribution in [-0.2, 0) is 16.1 Å². The van der Waals surface area contributed by atoms with Crippen molar-refractivity contribution in [1.29, 1.82) is 0 Å². The van der Waals surface area contributed by atoms with Crippen LogP contribution >= 0.6 is 0 Å². The second-order valence-corrected chi connectivity index (χ2v) is 6.31. The van der Waals surface area contributed by atoms with E-state index in [1.54, 1.807) is 4.90 Å². The van der Waals surface area contributed by atoms with Gasteiger partial charge in [-0.1, -0.05) is 42.5 Å². The first kappa shape index (κ1) is 16.0. The lowest BCUT2D eigenvalue weighted by atomic mass is 9.91. The Hall–Kier alpha value is -1.91. The zero-order valence-corrected chi connectivity index (χ0v) is 13.6. The average molecular weight is 312 g/mol. The van der Waals surface area contributed by atoms with Crippen LogP contribution in [0.15, 0.2) is 42.5 Å². The van der Waals surface area contributed by atoms with Gasteiger partial charge in [0.2, 0.25) is 5.91 Å². The SMILES string of the molecule is CN(Cc1cccc2ccccc12)C(=O)C(N)C1CCOCC1. The van der Waals surface area contributed by atoms with Crippen molar-refractivity contribution in [3.05, 3.63) is 48.0 Å². The van der Waals surface area contributed by atoms with Crippen LogP contribution in [0.2, 0.25) is 0 Å². The molecule has 0 saturated carbocycles. The average Bonchev–Trinajstić information content (AvgIpc) is 2.61. The van der Waals surface area contributed by atoms with Crippen LogP contribution in [0, 0.1) is 5.92 Å². The second kappa shape index (κ2) is 7.11. The smallest absolute Gasteiger partial charge is 0.239 e. The molecule has 1 fully saturated rings. The molecule has 4 nitrogen and oxygen atoms in total. The summed E-state index contributed by atoms with van der Waals surface area (Å²) in [6.45, 7) is 1.99. The molecule has 1 saturated heterocycles. The fourth-order valence-electron chi connectivity index (χ4n) is 3.29. The van der Waals surface area contributed by atoms with Gasteiger partial charge in [0.15, 0.2) is 0 Å². The van der Waals surface area contributed by atoms with Crippen LogP contribution in [0.5, 0.6) is 0 Å². The highest BCUT2D eigenvalue weighted by molar-refractivity contribution is 5.87. The summed E-state index contributed by atoms with van der Waals surface area (Å²) in [5.41, 5.74) is 7.36. The summed E-state index contributed by atoms with van der Waals surface area (Å²) in [6, 6.07) is 14.0. The van der Waals surface area contributed by atoms with Crippen molar-refractivity contribution in [2.75, 3.05) is 20.3 Å². The standard InChI is InChI=1S/C19H24N2O2/c1-21(19(22)18(20)15-9-11-23-12-10-15)13-16-7-4-6-14-5-2-3-8-17(14)16/h2-8,15,18H,9-13,20H2,1H3. The summed E-state index contributed by atoms with van der Waals surface area (Å²) >= 11 is 0. The van der Waals surface area contributed by atoms with E-state index in [4.69, 9.17) is 10.5 Å². The molecule has 1 heterocycles. The molecule has 0 aliphatic carbocycles. The summed E-state index contributed by atoms with van der Waals surface area (Å²) in [5.74, 6) is 0.246. The van der Waals surface area contributed by atoms with E-state index < -0.39 is 6.04 Å². The van der Waals surface area contributed by atoms with E-state index in [9.17, 15) is 4.79 Å². The van der Waals surface area contributed by atoms with Crippen molar-refractivity contribution < 1.29 is 9.53 Å². The number of benzene rings is 2. The molecular weight excluding hydrogens is 288 g/mol. The van der Waals surface area contributed by atoms with Gasteiger partial charge in [-0.2, -0.15) is 0 Å². The van der Waals surface area contributed by atoms with Gasteiger partial charge in [-0.15, -0.1) is 0 Å². The summed E-state index contributed by atoms with van der Waals surface area (Å²) in [5, 5.41) is 2.38. The van der Waals surface area contributed by atoms with Crippen molar-refractivity contribution in [2.45, 2.75) is 25.4 Å². The fraction of sp³-hybridized carbons (Fsp3) is 0.421. The molecular formula is C19H24N2O2. The number of amides is 1. The highest BCUT2D eigenvalue weighted by Crippen LogP contribution is 2.22. The summed E-state index contributed by atoms with van der Waals surface area (Å²) in [7, 11) is 1.84. The van der Waals surface area contributed by atoms with Crippen molar-refractivity contribution in [2.24, 2.45) is 11.7 Å². The molecule has 0 bridgehead atoms. The van der Waals surface area contributed by atoms with Crippen molar-refractivity contribution >= 4 is 16.7 Å². The molecule has 4 heteroatoms. The lowest BCUT2D eigenvalue weighted by Crippen LogP contribution is -2.47. The van der Waals surface area contributed by atoms with E-state index in [1.807, 2.05) is 25.2 Å². The van der Waals surface area contributed by atoms with Crippen LogP contribution in [0.4, 0.5) is 0 Å². The van der Waals surface area contributed by atoms with Crippen LogP contribution in [0.3, 0.4) is 0 Å². The molecule has 23 heavy (non-hydrogen) atoms. The predicted molar refractivity (Wildman–Crippen MR) is 91.9 cm³/mol. The Morgan fingerprint density at radius 2 is 1.91 bits per heavy atom. The molecule has 1 atom stereocenters. The lowest BCUT2D eigenvalue weighted by molar-refractivity contribution is -0.133. The number of likely N-dealkylation sites (N-methyl/N-ethyl adjacent to an activating group) is 1. The third kappa shape index (κ3) is 3.54. The molecule has 3 rings (SSSR count). The Labute approximate surface area is 137 Å². The minimum absolute atomic E-state index is 0.0184. The third-order valence-corrected chi connectivity index (χ3v) is 4.72. The van der Waals surface area contributed by atoms with Crippen LogP contribution in [0.1, 0.15) is 18.4 Å². The minimum Gasteiger partial charge on any atom is -0.381 e. The number of fused-ring (bicyclic) bond motifs is 1. The molecule has 122 valence electrons. The number of carbonyl (C=O) groups is 1. The van der Waals surface area contributed by atoms with E-state index in [-0.39, 0.29) is 11.8 Å². The minimum atomic E-state index is -0.432. The summed E-state index contributed by atoms with van der Waals surface area (Å²) < 4.78 is 5.35. The van der Waals surface area contributed by atoms with E-state index >= 15 is 0 Å². The molecule has 1 unspecified atom stereocenters. The monoisotopic (exact) mass is 312 g/mol. The number of hydrogen-bond acceptors (Lipinski definition) is 3. The van der Waals surface area contributed by atoms with E-state index in [2.05, 4.69) is 24.3 Å². The van der Waals surface area contributed by atoms with Gasteiger partial charge in [-0.3, -0.25) is 4.79 Å². The Morgan fingerprint density at radius 1 is 1.22 bits per heavy atom. The first-order valence-electron chi connectivity index (χ1n) is 8.22. The summed E-state index contributed by atoms with van der Waals surface area (Å²) in [6.07, 6.45) is 1.74. The predicted octanol–water partition coefficient (Wildman–Crippen LogP) is 2.55. The second-order valence-electron chi connectivity index (χ2n) is 6.31. The molecule has 1 aliphatic rings. The number of rotatable bonds is 4. The first-order chi connectivity index (χ1) is 11.2. The Morgan fingerprint density at radius 3 is 2.70 bits per heavy atom. The van der Waals surface area contributed by atoms with E-state index in [0.717, 1.165) is 18.4 Å². The van der Waals surface area contributed by atoms with Gasteiger partial charge in [-0.05, 0) is 35.1 Å². The molecule has 0 radical (unpaired) electrons. The van der Waals surface area contributed by atoms with Crippen molar-refractivity contribution in [3.63, 3.8) is 0 Å². The Kier molecular flexibility index (Phi) is 4.94. The molecule has 0 aromatic heterocycles. The van der Waals surface area contributed by atoms with Crippen LogP contribution < -0.4 is 5.73 Å². The van der Waals surface area contributed by atoms with Gasteiger partial charge >= 0.3 is 0 Å².